The molecule has 1 unspecified atom stereocenters. The van der Waals surface area contributed by atoms with Crippen molar-refractivity contribution in [3.8, 4) is 0 Å². The molecule has 2 saturated heterocycles. The van der Waals surface area contributed by atoms with Crippen molar-refractivity contribution in [3.05, 3.63) is 71.2 Å². The molecule has 0 aliphatic carbocycles. The number of methoxy groups -OCH3 is 1. The minimum Gasteiger partial charge on any atom is -0.465 e. The molecule has 2 amide bonds. The summed E-state index contributed by atoms with van der Waals surface area (Å²) < 4.78 is 22.5. The number of aromatic nitrogens is 1. The van der Waals surface area contributed by atoms with Gasteiger partial charge in [-0.25, -0.2) is 9.18 Å². The number of carbonyl (C=O) groups excluding carboxylic acids is 1. The highest BCUT2D eigenvalue weighted by Crippen LogP contribution is 2.37. The number of likely N-dealkylation sites (tertiary alicyclic amines) is 2. The van der Waals surface area contributed by atoms with Crippen LogP contribution in [0.3, 0.4) is 0 Å². The number of benzene rings is 2. The lowest BCUT2D eigenvalue weighted by molar-refractivity contribution is -0.136. The summed E-state index contributed by atoms with van der Waals surface area (Å²) >= 11 is 0. The van der Waals surface area contributed by atoms with Gasteiger partial charge in [0.2, 0.25) is 5.91 Å². The summed E-state index contributed by atoms with van der Waals surface area (Å²) in [5.41, 5.74) is 3.90. The molecule has 1 aromatic heterocycles. The van der Waals surface area contributed by atoms with Gasteiger partial charge in [-0.15, -0.1) is 0 Å². The molecule has 2 aliphatic rings. The summed E-state index contributed by atoms with van der Waals surface area (Å²) in [5, 5.41) is 13.0. The number of hydrogen-bond donors (Lipinski definition) is 2. The lowest BCUT2D eigenvalue weighted by Crippen LogP contribution is -2.49. The van der Waals surface area contributed by atoms with Gasteiger partial charge >= 0.3 is 6.09 Å². The third-order valence-corrected chi connectivity index (χ3v) is 8.46. The second-order valence-corrected chi connectivity index (χ2v) is 11.1. The number of piperidine rings is 1. The van der Waals surface area contributed by atoms with Gasteiger partial charge in [0.05, 0.1) is 17.5 Å². The van der Waals surface area contributed by atoms with Gasteiger partial charge in [0.25, 0.3) is 0 Å². The molecule has 2 N–H and O–H groups in total. The first kappa shape index (κ1) is 28.1. The fourth-order valence-corrected chi connectivity index (χ4v) is 6.73. The van der Waals surface area contributed by atoms with Crippen LogP contribution in [0.15, 0.2) is 48.5 Å². The van der Waals surface area contributed by atoms with E-state index in [1.165, 1.54) is 6.07 Å². The number of para-hydroxylation sites is 1. The molecule has 2 aromatic carbocycles. The lowest BCUT2D eigenvalue weighted by Gasteiger charge is -2.36. The van der Waals surface area contributed by atoms with E-state index in [9.17, 15) is 14.7 Å². The molecule has 2 fully saturated rings. The maximum atomic E-state index is 15.1. The van der Waals surface area contributed by atoms with Crippen molar-refractivity contribution in [2.24, 2.45) is 5.92 Å². The zero-order valence-electron chi connectivity index (χ0n) is 23.3. The van der Waals surface area contributed by atoms with Gasteiger partial charge in [-0.3, -0.25) is 9.69 Å². The molecule has 3 atom stereocenters. The molecular formula is C31H39FN4O4. The standard InChI is InChI=1S/C31H39FN4O4/c1-21-24-12-6-13-26(32)29(24)36(15-8-16-40-2)28(21)23-11-7-14-35(18-23)30(37)25-19-34(20-27(25)33-31(38)39)17-22-9-4-3-5-10-22/h3-6,9-10,12-13,23,25,27,33H,7-8,11,14-20H2,1-2H3,(H,38,39)/t23?,25-,27-/m1/s1. The number of nitrogens with one attached hydrogen (secondary N) is 1. The summed E-state index contributed by atoms with van der Waals surface area (Å²) in [5.74, 6) is -0.630. The van der Waals surface area contributed by atoms with Crippen LogP contribution in [0.5, 0.6) is 0 Å². The number of carbonyl (C=O) groups is 2. The zero-order chi connectivity index (χ0) is 28.2. The monoisotopic (exact) mass is 550 g/mol. The first-order valence-electron chi connectivity index (χ1n) is 14.2. The Balaban J connectivity index is 1.38. The highest BCUT2D eigenvalue weighted by molar-refractivity contribution is 5.86. The summed E-state index contributed by atoms with van der Waals surface area (Å²) in [6, 6.07) is 14.8. The summed E-state index contributed by atoms with van der Waals surface area (Å²) in [4.78, 5) is 29.6. The quantitative estimate of drug-likeness (QED) is 0.381. The Labute approximate surface area is 234 Å². The Hall–Kier alpha value is -3.43. The SMILES string of the molecule is COCCCn1c(C2CCCN(C(=O)[C@@H]3CN(Cc4ccccc4)C[C@H]3NC(=O)O)C2)c(C)c2cccc(F)c21. The van der Waals surface area contributed by atoms with E-state index < -0.39 is 18.1 Å². The van der Waals surface area contributed by atoms with E-state index in [0.29, 0.717) is 51.4 Å². The van der Waals surface area contributed by atoms with E-state index in [2.05, 4.69) is 21.7 Å². The van der Waals surface area contributed by atoms with E-state index in [-0.39, 0.29) is 17.6 Å². The number of rotatable bonds is 9. The number of amides is 2. The largest absolute Gasteiger partial charge is 0.465 e. The van der Waals surface area contributed by atoms with Crippen molar-refractivity contribution in [2.75, 3.05) is 39.9 Å². The first-order chi connectivity index (χ1) is 19.4. The van der Waals surface area contributed by atoms with Gasteiger partial charge in [0.15, 0.2) is 0 Å². The molecule has 0 bridgehead atoms. The highest BCUT2D eigenvalue weighted by Gasteiger charge is 2.42. The van der Waals surface area contributed by atoms with E-state index in [1.807, 2.05) is 41.3 Å². The van der Waals surface area contributed by atoms with Crippen molar-refractivity contribution in [3.63, 3.8) is 0 Å². The van der Waals surface area contributed by atoms with E-state index in [0.717, 1.165) is 41.5 Å². The van der Waals surface area contributed by atoms with Crippen LogP contribution in [-0.4, -0.2) is 77.4 Å². The molecule has 0 saturated carbocycles. The number of carboxylic acid groups (broad SMARTS) is 1. The number of nitrogens with zero attached hydrogens (tertiary/aromatic N) is 3. The predicted molar refractivity (Wildman–Crippen MR) is 152 cm³/mol. The van der Waals surface area contributed by atoms with Crippen LogP contribution in [0, 0.1) is 18.7 Å². The molecule has 3 heterocycles. The second-order valence-electron chi connectivity index (χ2n) is 11.1. The highest BCUT2D eigenvalue weighted by atomic mass is 19.1. The van der Waals surface area contributed by atoms with Crippen molar-refractivity contribution < 1.29 is 23.8 Å². The Morgan fingerprint density at radius 1 is 1.10 bits per heavy atom. The predicted octanol–water partition coefficient (Wildman–Crippen LogP) is 4.60. The Morgan fingerprint density at radius 3 is 2.65 bits per heavy atom. The van der Waals surface area contributed by atoms with Crippen LogP contribution >= 0.6 is 0 Å². The Bertz CT molecular complexity index is 1340. The van der Waals surface area contributed by atoms with Crippen molar-refractivity contribution in [2.45, 2.75) is 51.2 Å². The van der Waals surface area contributed by atoms with Gasteiger partial charge in [0.1, 0.15) is 5.82 Å². The van der Waals surface area contributed by atoms with Crippen molar-refractivity contribution in [1.29, 1.82) is 0 Å². The number of ether oxygens (including phenoxy) is 1. The first-order valence-corrected chi connectivity index (χ1v) is 14.2. The van der Waals surface area contributed by atoms with Gasteiger partial charge in [-0.05, 0) is 43.4 Å². The molecule has 9 heteroatoms. The fourth-order valence-electron chi connectivity index (χ4n) is 6.73. The third kappa shape index (κ3) is 5.86. The molecule has 5 rings (SSSR count). The minimum atomic E-state index is -1.11. The van der Waals surface area contributed by atoms with E-state index in [4.69, 9.17) is 4.74 Å². The Kier molecular flexibility index (Phi) is 8.71. The van der Waals surface area contributed by atoms with Gasteiger partial charge in [-0.1, -0.05) is 42.5 Å². The van der Waals surface area contributed by atoms with Crippen LogP contribution in [0.25, 0.3) is 10.9 Å². The molecule has 2 aliphatic heterocycles. The van der Waals surface area contributed by atoms with Gasteiger partial charge < -0.3 is 24.6 Å². The summed E-state index contributed by atoms with van der Waals surface area (Å²) in [6.07, 6.45) is 1.40. The summed E-state index contributed by atoms with van der Waals surface area (Å²) in [7, 11) is 1.67. The Morgan fingerprint density at radius 2 is 1.90 bits per heavy atom. The average molecular weight is 551 g/mol. The van der Waals surface area contributed by atoms with Crippen molar-refractivity contribution >= 4 is 22.9 Å². The number of hydrogen-bond acceptors (Lipinski definition) is 4. The van der Waals surface area contributed by atoms with Crippen LogP contribution in [-0.2, 0) is 22.6 Å². The third-order valence-electron chi connectivity index (χ3n) is 8.46. The molecular weight excluding hydrogens is 511 g/mol. The summed E-state index contributed by atoms with van der Waals surface area (Å²) in [6.45, 7) is 6.11. The molecule has 8 nitrogen and oxygen atoms in total. The van der Waals surface area contributed by atoms with Gasteiger partial charge in [0, 0.05) is 70.0 Å². The van der Waals surface area contributed by atoms with Crippen LogP contribution in [0.4, 0.5) is 9.18 Å². The maximum Gasteiger partial charge on any atom is 0.404 e. The molecule has 0 spiro atoms. The fraction of sp³-hybridized carbons (Fsp3) is 0.484. The van der Waals surface area contributed by atoms with Crippen LogP contribution in [0.1, 0.15) is 42.0 Å². The smallest absolute Gasteiger partial charge is 0.404 e. The van der Waals surface area contributed by atoms with Gasteiger partial charge in [-0.2, -0.15) is 0 Å². The lowest BCUT2D eigenvalue weighted by atomic mass is 9.90. The van der Waals surface area contributed by atoms with Crippen molar-refractivity contribution in [1.82, 2.24) is 19.7 Å². The molecule has 0 radical (unpaired) electrons. The second kappa shape index (κ2) is 12.4. The average Bonchev–Trinajstić information content (AvgIpc) is 3.47. The van der Waals surface area contributed by atoms with E-state index in [1.54, 1.807) is 13.2 Å². The number of fused-ring (bicyclic) bond motifs is 1. The zero-order valence-corrected chi connectivity index (χ0v) is 23.3. The topological polar surface area (TPSA) is 87.0 Å². The van der Waals surface area contributed by atoms with Crippen LogP contribution in [0.2, 0.25) is 0 Å². The number of halogens is 1. The normalized spacial score (nSPS) is 21.7. The molecule has 40 heavy (non-hydrogen) atoms. The van der Waals surface area contributed by atoms with E-state index >= 15 is 4.39 Å². The number of aryl methyl sites for hydroxylation is 2. The molecule has 214 valence electrons. The minimum absolute atomic E-state index is 0.00936. The maximum absolute atomic E-state index is 15.1. The molecule has 3 aromatic rings. The van der Waals surface area contributed by atoms with Crippen LogP contribution < -0.4 is 5.32 Å².